The summed E-state index contributed by atoms with van der Waals surface area (Å²) in [5.74, 6) is -0.138. The van der Waals surface area contributed by atoms with E-state index >= 15 is 0 Å². The summed E-state index contributed by atoms with van der Waals surface area (Å²) in [7, 11) is 0. The molecule has 3 atom stereocenters. The van der Waals surface area contributed by atoms with E-state index in [1.165, 1.54) is 289 Å². The fourth-order valence-corrected chi connectivity index (χ4v) is 9.93. The summed E-state index contributed by atoms with van der Waals surface area (Å²) < 4.78 is 0. The Morgan fingerprint density at radius 3 is 0.879 bits per heavy atom. The van der Waals surface area contributed by atoms with Crippen molar-refractivity contribution in [3.8, 4) is 0 Å². The molecule has 0 fully saturated rings. The second kappa shape index (κ2) is 56.7. The summed E-state index contributed by atoms with van der Waals surface area (Å²) in [6.07, 6.45) is 71.0. The standard InChI is InChI=1S/C61H121NO4/c1-3-5-7-9-11-13-15-17-19-21-23-25-27-28-29-30-31-32-34-36-38-40-42-44-46-48-50-52-54-56-60(65)62-58(57-63)61(66)59(64)55-53-51-49-47-45-43-41-39-37-35-33-26-24-22-20-18-16-14-12-10-8-6-4-2/h28-29,58-59,61,63-64,66H,3-27,30-57H2,1-2H3,(H,62,65)/b29-28-. The van der Waals surface area contributed by atoms with Crippen LogP contribution in [0.2, 0.25) is 0 Å². The van der Waals surface area contributed by atoms with Crippen LogP contribution in [-0.4, -0.2) is 46.1 Å². The number of amides is 1. The van der Waals surface area contributed by atoms with Gasteiger partial charge < -0.3 is 20.6 Å². The molecule has 0 aromatic heterocycles. The Morgan fingerprint density at radius 2 is 0.606 bits per heavy atom. The van der Waals surface area contributed by atoms with E-state index in [2.05, 4.69) is 31.3 Å². The Balaban J connectivity index is 3.49. The maximum atomic E-state index is 12.5. The summed E-state index contributed by atoms with van der Waals surface area (Å²) in [5, 5.41) is 33.9. The third kappa shape index (κ3) is 51.0. The number of unbranched alkanes of at least 4 members (excludes halogenated alkanes) is 47. The van der Waals surface area contributed by atoms with Crippen LogP contribution in [0, 0.1) is 0 Å². The number of nitrogens with one attached hydrogen (secondary N) is 1. The summed E-state index contributed by atoms with van der Waals surface area (Å²) >= 11 is 0. The van der Waals surface area contributed by atoms with Crippen molar-refractivity contribution in [3.63, 3.8) is 0 Å². The first-order valence-corrected chi connectivity index (χ1v) is 30.5. The maximum Gasteiger partial charge on any atom is 0.220 e. The summed E-state index contributed by atoms with van der Waals surface area (Å²) in [5.41, 5.74) is 0. The first kappa shape index (κ1) is 65.1. The van der Waals surface area contributed by atoms with Crippen molar-refractivity contribution in [1.29, 1.82) is 0 Å². The molecule has 0 spiro atoms. The van der Waals surface area contributed by atoms with E-state index in [4.69, 9.17) is 0 Å². The second-order valence-corrected chi connectivity index (χ2v) is 21.3. The van der Waals surface area contributed by atoms with E-state index in [1.54, 1.807) is 0 Å². The molecule has 0 saturated heterocycles. The van der Waals surface area contributed by atoms with Crippen molar-refractivity contribution < 1.29 is 20.1 Å². The topological polar surface area (TPSA) is 89.8 Å². The van der Waals surface area contributed by atoms with Crippen molar-refractivity contribution in [2.45, 2.75) is 366 Å². The molecule has 0 aliphatic carbocycles. The van der Waals surface area contributed by atoms with E-state index in [0.717, 1.165) is 32.1 Å². The molecule has 0 bridgehead atoms. The van der Waals surface area contributed by atoms with Gasteiger partial charge in [0.2, 0.25) is 5.91 Å². The maximum absolute atomic E-state index is 12.5. The number of carbonyl (C=O) groups is 1. The third-order valence-corrected chi connectivity index (χ3v) is 14.6. The summed E-state index contributed by atoms with van der Waals surface area (Å²) in [6.45, 7) is 4.23. The lowest BCUT2D eigenvalue weighted by atomic mass is 9.99. The molecular weight excluding hydrogens is 811 g/mol. The van der Waals surface area contributed by atoms with Crippen LogP contribution in [0.25, 0.3) is 0 Å². The van der Waals surface area contributed by atoms with E-state index in [-0.39, 0.29) is 12.5 Å². The molecule has 0 aromatic rings. The van der Waals surface area contributed by atoms with Crippen LogP contribution in [0.5, 0.6) is 0 Å². The normalized spacial score (nSPS) is 13.2. The van der Waals surface area contributed by atoms with Crippen molar-refractivity contribution in [3.05, 3.63) is 12.2 Å². The highest BCUT2D eigenvalue weighted by Crippen LogP contribution is 2.19. The van der Waals surface area contributed by atoms with E-state index in [1.807, 2.05) is 0 Å². The fraction of sp³-hybridized carbons (Fsp3) is 0.951. The predicted octanol–water partition coefficient (Wildman–Crippen LogP) is 19.1. The average molecular weight is 933 g/mol. The Kier molecular flexibility index (Phi) is 55.9. The molecule has 0 rings (SSSR count). The number of aliphatic hydroxyl groups is 3. The molecule has 0 aliphatic heterocycles. The molecular formula is C61H121NO4. The van der Waals surface area contributed by atoms with Crippen LogP contribution in [0.3, 0.4) is 0 Å². The second-order valence-electron chi connectivity index (χ2n) is 21.3. The number of allylic oxidation sites excluding steroid dienone is 2. The van der Waals surface area contributed by atoms with Crippen molar-refractivity contribution >= 4 is 5.91 Å². The highest BCUT2D eigenvalue weighted by molar-refractivity contribution is 5.76. The van der Waals surface area contributed by atoms with Crippen LogP contribution in [0.1, 0.15) is 348 Å². The van der Waals surface area contributed by atoms with Gasteiger partial charge in [-0.1, -0.05) is 315 Å². The van der Waals surface area contributed by atoms with E-state index in [0.29, 0.717) is 12.8 Å². The highest BCUT2D eigenvalue weighted by Gasteiger charge is 2.26. The van der Waals surface area contributed by atoms with Gasteiger partial charge in [0.1, 0.15) is 6.10 Å². The molecule has 4 N–H and O–H groups in total. The predicted molar refractivity (Wildman–Crippen MR) is 292 cm³/mol. The van der Waals surface area contributed by atoms with E-state index < -0.39 is 18.2 Å². The van der Waals surface area contributed by atoms with Gasteiger partial charge in [-0.3, -0.25) is 4.79 Å². The lowest BCUT2D eigenvalue weighted by Gasteiger charge is -2.26. The molecule has 0 aromatic carbocycles. The zero-order valence-electron chi connectivity index (χ0n) is 45.1. The molecule has 1 amide bonds. The third-order valence-electron chi connectivity index (χ3n) is 14.6. The van der Waals surface area contributed by atoms with Crippen LogP contribution >= 0.6 is 0 Å². The number of hydrogen-bond acceptors (Lipinski definition) is 4. The van der Waals surface area contributed by atoms with Gasteiger partial charge in [0, 0.05) is 6.42 Å². The molecule has 66 heavy (non-hydrogen) atoms. The molecule has 0 saturated carbocycles. The molecule has 5 nitrogen and oxygen atoms in total. The zero-order valence-corrected chi connectivity index (χ0v) is 45.1. The van der Waals surface area contributed by atoms with Crippen LogP contribution in [0.15, 0.2) is 12.2 Å². The monoisotopic (exact) mass is 932 g/mol. The SMILES string of the molecule is CCCCCCCCCCCCCC/C=C\CCCCCCCCCCCCCCCC(=O)NC(CO)C(O)C(O)CCCCCCCCCCCCCCCCCCCCCCCCC. The number of hydrogen-bond donors (Lipinski definition) is 4. The van der Waals surface area contributed by atoms with Crippen molar-refractivity contribution in [1.82, 2.24) is 5.32 Å². The quantitative estimate of drug-likeness (QED) is 0.0361. The van der Waals surface area contributed by atoms with Crippen LogP contribution in [-0.2, 0) is 4.79 Å². The number of carbonyl (C=O) groups excluding carboxylic acids is 1. The van der Waals surface area contributed by atoms with Gasteiger partial charge in [0.25, 0.3) is 0 Å². The Labute approximate surface area is 414 Å². The molecule has 0 aliphatic rings. The van der Waals surface area contributed by atoms with Gasteiger partial charge in [0.05, 0.1) is 18.8 Å². The molecule has 0 heterocycles. The van der Waals surface area contributed by atoms with Crippen molar-refractivity contribution in [2.75, 3.05) is 6.61 Å². The first-order chi connectivity index (χ1) is 32.6. The Hall–Kier alpha value is -0.910. The Morgan fingerprint density at radius 1 is 0.364 bits per heavy atom. The number of rotatable bonds is 57. The van der Waals surface area contributed by atoms with Gasteiger partial charge in [-0.05, 0) is 38.5 Å². The molecule has 394 valence electrons. The van der Waals surface area contributed by atoms with Gasteiger partial charge in [0.15, 0.2) is 0 Å². The molecule has 0 radical (unpaired) electrons. The Bertz CT molecular complexity index is 940. The van der Waals surface area contributed by atoms with Gasteiger partial charge in [-0.2, -0.15) is 0 Å². The summed E-state index contributed by atoms with van der Waals surface area (Å²) in [4.78, 5) is 12.5. The van der Waals surface area contributed by atoms with Gasteiger partial charge in [-0.25, -0.2) is 0 Å². The smallest absolute Gasteiger partial charge is 0.220 e. The van der Waals surface area contributed by atoms with Crippen molar-refractivity contribution in [2.24, 2.45) is 0 Å². The molecule has 5 heteroatoms. The number of aliphatic hydroxyl groups excluding tert-OH is 3. The van der Waals surface area contributed by atoms with E-state index in [9.17, 15) is 20.1 Å². The van der Waals surface area contributed by atoms with Gasteiger partial charge in [-0.15, -0.1) is 0 Å². The summed E-state index contributed by atoms with van der Waals surface area (Å²) in [6, 6.07) is -0.808. The largest absolute Gasteiger partial charge is 0.394 e. The first-order valence-electron chi connectivity index (χ1n) is 30.5. The lowest BCUT2D eigenvalue weighted by molar-refractivity contribution is -0.124. The molecule has 3 unspecified atom stereocenters. The fourth-order valence-electron chi connectivity index (χ4n) is 9.93. The van der Waals surface area contributed by atoms with Crippen LogP contribution in [0.4, 0.5) is 0 Å². The lowest BCUT2D eigenvalue weighted by Crippen LogP contribution is -2.50. The minimum atomic E-state index is -1.13. The zero-order chi connectivity index (χ0) is 47.9. The highest BCUT2D eigenvalue weighted by atomic mass is 16.3. The average Bonchev–Trinajstić information content (AvgIpc) is 3.32. The van der Waals surface area contributed by atoms with Crippen LogP contribution < -0.4 is 5.32 Å². The minimum absolute atomic E-state index is 0.138. The minimum Gasteiger partial charge on any atom is -0.394 e. The van der Waals surface area contributed by atoms with Gasteiger partial charge >= 0.3 is 0 Å².